The van der Waals surface area contributed by atoms with Crippen LogP contribution in [0.25, 0.3) is 0 Å². The molecule has 0 heterocycles. The predicted octanol–water partition coefficient (Wildman–Crippen LogP) is 5.32. The quantitative estimate of drug-likeness (QED) is 0.180. The zero-order valence-electron chi connectivity index (χ0n) is 25.7. The molecule has 11 nitrogen and oxygen atoms in total. The molecule has 3 rings (SSSR count). The number of sulfonamides is 1. The summed E-state index contributed by atoms with van der Waals surface area (Å²) in [7, 11) is -4.33. The molecule has 0 saturated carbocycles. The number of carbonyl (C=O) groups is 1. The zero-order chi connectivity index (χ0) is 32.5. The lowest BCUT2D eigenvalue weighted by atomic mass is 10.0. The Morgan fingerprint density at radius 3 is 2.11 bits per heavy atom. The lowest BCUT2D eigenvalue weighted by Crippen LogP contribution is -2.51. The normalized spacial score (nSPS) is 13.4. The number of benzene rings is 3. The van der Waals surface area contributed by atoms with E-state index in [1.807, 2.05) is 74.5 Å². The number of alkyl carbamates (subject to hydrolysis) is 1. The molecule has 2 atom stereocenters. The summed E-state index contributed by atoms with van der Waals surface area (Å²) in [5.41, 5.74) is 0.319. The van der Waals surface area contributed by atoms with Gasteiger partial charge in [-0.25, -0.2) is 13.2 Å². The predicted molar refractivity (Wildman–Crippen MR) is 167 cm³/mol. The molecule has 0 aromatic heterocycles. The molecule has 12 heteroatoms. The summed E-state index contributed by atoms with van der Waals surface area (Å²) in [6, 6.07) is 20.8. The average Bonchev–Trinajstić information content (AvgIpc) is 2.95. The monoisotopic (exact) mass is 627 g/mol. The summed E-state index contributed by atoms with van der Waals surface area (Å²) in [5, 5.41) is 26.0. The molecule has 0 saturated heterocycles. The molecule has 0 radical (unpaired) electrons. The van der Waals surface area contributed by atoms with E-state index in [1.165, 1.54) is 12.1 Å². The van der Waals surface area contributed by atoms with Crippen LogP contribution in [0.5, 0.6) is 5.75 Å². The number of amides is 1. The fourth-order valence-corrected chi connectivity index (χ4v) is 6.07. The molecule has 0 spiro atoms. The molecule has 0 aliphatic rings. The van der Waals surface area contributed by atoms with Crippen LogP contribution >= 0.6 is 0 Å². The first-order valence-electron chi connectivity index (χ1n) is 14.3. The Hall–Kier alpha value is -4.00. The van der Waals surface area contributed by atoms with Crippen molar-refractivity contribution in [3.8, 4) is 5.75 Å². The molecule has 0 aliphatic carbocycles. The molecule has 1 amide bonds. The number of aliphatic hydroxyl groups excluding tert-OH is 1. The summed E-state index contributed by atoms with van der Waals surface area (Å²) < 4.78 is 39.9. The van der Waals surface area contributed by atoms with Gasteiger partial charge < -0.3 is 19.9 Å². The maximum atomic E-state index is 13.9. The Morgan fingerprint density at radius 2 is 1.57 bits per heavy atom. The number of hydrogen-bond donors (Lipinski definition) is 2. The molecule has 3 aromatic rings. The fraction of sp³-hybridized carbons (Fsp3) is 0.406. The van der Waals surface area contributed by atoms with Crippen LogP contribution in [0, 0.1) is 16.0 Å². The van der Waals surface area contributed by atoms with E-state index < -0.39 is 44.5 Å². The van der Waals surface area contributed by atoms with Crippen molar-refractivity contribution in [1.82, 2.24) is 9.62 Å². The van der Waals surface area contributed by atoms with Crippen molar-refractivity contribution in [2.75, 3.05) is 13.1 Å². The van der Waals surface area contributed by atoms with Gasteiger partial charge in [0.15, 0.2) is 5.75 Å². The van der Waals surface area contributed by atoms with Crippen LogP contribution in [-0.4, -0.2) is 59.7 Å². The molecule has 2 N–H and O–H groups in total. The fourth-order valence-electron chi connectivity index (χ4n) is 4.43. The highest BCUT2D eigenvalue weighted by molar-refractivity contribution is 7.89. The summed E-state index contributed by atoms with van der Waals surface area (Å²) in [6.07, 6.45) is -1.90. The van der Waals surface area contributed by atoms with Crippen molar-refractivity contribution < 1.29 is 32.7 Å². The van der Waals surface area contributed by atoms with Crippen molar-refractivity contribution in [3.05, 3.63) is 100 Å². The van der Waals surface area contributed by atoms with Gasteiger partial charge in [-0.05, 0) is 56.4 Å². The van der Waals surface area contributed by atoms with E-state index in [-0.39, 0.29) is 42.7 Å². The van der Waals surface area contributed by atoms with E-state index in [9.17, 15) is 28.4 Å². The maximum Gasteiger partial charge on any atom is 0.407 e. The SMILES string of the molecule is CC(C)CN(C[C@@H](O)[C@H](Cc1ccccc1)NC(=O)OC(C)(C)C)S(=O)(=O)c1ccc(OCc2ccccc2)c([N+](=O)[O-])c1. The van der Waals surface area contributed by atoms with Gasteiger partial charge in [0.1, 0.15) is 12.2 Å². The smallest absolute Gasteiger partial charge is 0.407 e. The molecular weight excluding hydrogens is 586 g/mol. The Kier molecular flexibility index (Phi) is 11.9. The number of rotatable bonds is 14. The van der Waals surface area contributed by atoms with E-state index >= 15 is 0 Å². The number of nitro groups is 1. The van der Waals surface area contributed by atoms with Crippen LogP contribution in [-0.2, 0) is 27.8 Å². The number of nitrogens with zero attached hydrogens (tertiary/aromatic N) is 2. The van der Waals surface area contributed by atoms with Gasteiger partial charge in [0.2, 0.25) is 10.0 Å². The Morgan fingerprint density at radius 1 is 0.977 bits per heavy atom. The van der Waals surface area contributed by atoms with Gasteiger partial charge in [-0.3, -0.25) is 10.1 Å². The highest BCUT2D eigenvalue weighted by atomic mass is 32.2. The minimum absolute atomic E-state index is 0.0178. The Bertz CT molecular complexity index is 1490. The van der Waals surface area contributed by atoms with Gasteiger partial charge in [0, 0.05) is 19.2 Å². The highest BCUT2D eigenvalue weighted by Crippen LogP contribution is 2.32. The van der Waals surface area contributed by atoms with Crippen molar-refractivity contribution in [1.29, 1.82) is 0 Å². The third kappa shape index (κ3) is 10.3. The number of hydrogen-bond acceptors (Lipinski definition) is 8. The molecule has 3 aromatic carbocycles. The topological polar surface area (TPSA) is 148 Å². The van der Waals surface area contributed by atoms with E-state index in [4.69, 9.17) is 9.47 Å². The van der Waals surface area contributed by atoms with Crippen LogP contribution in [0.1, 0.15) is 45.7 Å². The maximum absolute atomic E-state index is 13.9. The van der Waals surface area contributed by atoms with Crippen molar-refractivity contribution in [2.45, 2.75) is 70.3 Å². The third-order valence-corrected chi connectivity index (χ3v) is 8.25. The van der Waals surface area contributed by atoms with Crippen LogP contribution < -0.4 is 10.1 Å². The molecule has 238 valence electrons. The zero-order valence-corrected chi connectivity index (χ0v) is 26.5. The second-order valence-corrected chi connectivity index (χ2v) is 13.8. The molecule has 0 bridgehead atoms. The summed E-state index contributed by atoms with van der Waals surface area (Å²) in [4.78, 5) is 23.6. The van der Waals surface area contributed by atoms with Gasteiger partial charge >= 0.3 is 11.8 Å². The number of carbonyl (C=O) groups excluding carboxylic acids is 1. The van der Waals surface area contributed by atoms with Crippen molar-refractivity contribution >= 4 is 21.8 Å². The third-order valence-electron chi connectivity index (χ3n) is 6.43. The van der Waals surface area contributed by atoms with Gasteiger partial charge in [-0.1, -0.05) is 74.5 Å². The largest absolute Gasteiger partial charge is 0.482 e. The second-order valence-electron chi connectivity index (χ2n) is 11.9. The van der Waals surface area contributed by atoms with Gasteiger partial charge in [-0.2, -0.15) is 4.31 Å². The van der Waals surface area contributed by atoms with E-state index in [0.717, 1.165) is 21.5 Å². The second kappa shape index (κ2) is 15.1. The minimum Gasteiger partial charge on any atom is -0.482 e. The minimum atomic E-state index is -4.33. The van der Waals surface area contributed by atoms with Crippen LogP contribution in [0.3, 0.4) is 0 Å². The molecule has 0 aliphatic heterocycles. The standard InChI is InChI=1S/C32H41N3O8S/c1-23(2)20-34(21-29(36)27(18-24-12-8-6-9-13-24)33-31(37)43-32(3,4)5)44(40,41)26-16-17-30(28(19-26)35(38)39)42-22-25-14-10-7-11-15-25/h6-17,19,23,27,29,36H,18,20-22H2,1-5H3,(H,33,37)/t27-,29+/m0/s1. The Balaban J connectivity index is 1.89. The molecule has 0 unspecified atom stereocenters. The summed E-state index contributed by atoms with van der Waals surface area (Å²) in [5.74, 6) is -0.218. The number of ether oxygens (including phenoxy) is 2. The molecular formula is C32H41N3O8S. The van der Waals surface area contributed by atoms with Gasteiger partial charge in [0.05, 0.1) is 22.0 Å². The average molecular weight is 628 g/mol. The highest BCUT2D eigenvalue weighted by Gasteiger charge is 2.33. The lowest BCUT2D eigenvalue weighted by Gasteiger charge is -2.31. The number of nitro benzene ring substituents is 1. The van der Waals surface area contributed by atoms with Crippen LogP contribution in [0.2, 0.25) is 0 Å². The first-order chi connectivity index (χ1) is 20.7. The van der Waals surface area contributed by atoms with Crippen molar-refractivity contribution in [2.24, 2.45) is 5.92 Å². The first-order valence-corrected chi connectivity index (χ1v) is 15.8. The molecule has 44 heavy (non-hydrogen) atoms. The molecule has 0 fully saturated rings. The van der Waals surface area contributed by atoms with E-state index in [1.54, 1.807) is 20.8 Å². The van der Waals surface area contributed by atoms with E-state index in [2.05, 4.69) is 5.32 Å². The van der Waals surface area contributed by atoms with Gasteiger partial charge in [-0.15, -0.1) is 0 Å². The van der Waals surface area contributed by atoms with E-state index in [0.29, 0.717) is 0 Å². The summed E-state index contributed by atoms with van der Waals surface area (Å²) >= 11 is 0. The van der Waals surface area contributed by atoms with Gasteiger partial charge in [0.25, 0.3) is 0 Å². The van der Waals surface area contributed by atoms with Crippen LogP contribution in [0.4, 0.5) is 10.5 Å². The Labute approximate surface area is 259 Å². The summed E-state index contributed by atoms with van der Waals surface area (Å²) in [6.45, 7) is 8.47. The number of nitrogens with one attached hydrogen (secondary N) is 1. The first kappa shape index (κ1) is 34.5. The van der Waals surface area contributed by atoms with Crippen molar-refractivity contribution in [3.63, 3.8) is 0 Å². The lowest BCUT2D eigenvalue weighted by molar-refractivity contribution is -0.386. The number of aliphatic hydroxyl groups is 1. The van der Waals surface area contributed by atoms with Crippen LogP contribution in [0.15, 0.2) is 83.8 Å².